The maximum atomic E-state index is 12.0. The van der Waals surface area contributed by atoms with Crippen molar-refractivity contribution in [3.63, 3.8) is 0 Å². The summed E-state index contributed by atoms with van der Waals surface area (Å²) in [6.07, 6.45) is 6.34. The van der Waals surface area contributed by atoms with Crippen LogP contribution in [0.2, 0.25) is 0 Å². The van der Waals surface area contributed by atoms with E-state index in [0.29, 0.717) is 12.6 Å². The van der Waals surface area contributed by atoms with Crippen molar-refractivity contribution >= 4 is 5.91 Å². The van der Waals surface area contributed by atoms with Crippen LogP contribution in [0.4, 0.5) is 0 Å². The quantitative estimate of drug-likeness (QED) is 0.783. The molecule has 1 aliphatic carbocycles. The van der Waals surface area contributed by atoms with Crippen molar-refractivity contribution in [3.05, 3.63) is 0 Å². The molecule has 0 aliphatic heterocycles. The molecular formula is C13H27N3O. The minimum Gasteiger partial charge on any atom is -0.347 e. The summed E-state index contributed by atoms with van der Waals surface area (Å²) in [6, 6.07) is 0.503. The highest BCUT2D eigenvalue weighted by atomic mass is 16.2. The van der Waals surface area contributed by atoms with Gasteiger partial charge in [-0.1, -0.05) is 19.3 Å². The number of nitrogens with two attached hydrogens (primary N) is 1. The van der Waals surface area contributed by atoms with E-state index in [1.54, 1.807) is 4.90 Å². The molecule has 0 saturated heterocycles. The molecule has 0 radical (unpaired) electrons. The van der Waals surface area contributed by atoms with Crippen LogP contribution >= 0.6 is 0 Å². The molecule has 1 fully saturated rings. The predicted octanol–water partition coefficient (Wildman–Crippen LogP) is 1.06. The monoisotopic (exact) mass is 241 g/mol. The number of nitrogens with zero attached hydrogens (tertiary/aromatic N) is 2. The van der Waals surface area contributed by atoms with Crippen molar-refractivity contribution in [3.8, 4) is 0 Å². The summed E-state index contributed by atoms with van der Waals surface area (Å²) in [5.41, 5.74) is 5.68. The van der Waals surface area contributed by atoms with Crippen molar-refractivity contribution < 1.29 is 4.79 Å². The minimum absolute atomic E-state index is 0.0448. The van der Waals surface area contributed by atoms with E-state index in [4.69, 9.17) is 5.73 Å². The van der Waals surface area contributed by atoms with Crippen LogP contribution in [-0.4, -0.2) is 55.0 Å². The normalized spacial score (nSPS) is 19.4. The van der Waals surface area contributed by atoms with Gasteiger partial charge in [0.05, 0.1) is 6.04 Å². The lowest BCUT2D eigenvalue weighted by Gasteiger charge is -2.38. The molecule has 1 rings (SSSR count). The number of carbonyl (C=O) groups excluding carboxylic acids is 1. The number of hydrogen-bond donors (Lipinski definition) is 1. The summed E-state index contributed by atoms with van der Waals surface area (Å²) in [4.78, 5) is 16.0. The number of likely N-dealkylation sites (N-methyl/N-ethyl adjacent to an activating group) is 1. The summed E-state index contributed by atoms with van der Waals surface area (Å²) in [6.45, 7) is 3.46. The van der Waals surface area contributed by atoms with Gasteiger partial charge < -0.3 is 10.6 Å². The zero-order chi connectivity index (χ0) is 12.8. The number of hydrogen-bond acceptors (Lipinski definition) is 3. The lowest BCUT2D eigenvalue weighted by molar-refractivity contribution is -0.135. The van der Waals surface area contributed by atoms with E-state index in [0.717, 1.165) is 6.54 Å². The topological polar surface area (TPSA) is 49.6 Å². The third-order valence-electron chi connectivity index (χ3n) is 3.73. The van der Waals surface area contributed by atoms with Gasteiger partial charge in [-0.05, 0) is 19.8 Å². The molecule has 1 unspecified atom stereocenters. The van der Waals surface area contributed by atoms with Gasteiger partial charge in [-0.3, -0.25) is 9.69 Å². The first-order chi connectivity index (χ1) is 8.07. The molecule has 1 amide bonds. The highest BCUT2D eigenvalue weighted by Gasteiger charge is 2.29. The zero-order valence-corrected chi connectivity index (χ0v) is 11.5. The number of rotatable bonds is 5. The second-order valence-electron chi connectivity index (χ2n) is 5.23. The molecule has 4 heteroatoms. The SMILES string of the molecule is CC(C(=O)N(C)C)N(CCN)C1CCCCC1. The molecule has 1 saturated carbocycles. The van der Waals surface area contributed by atoms with Gasteiger partial charge in [-0.25, -0.2) is 0 Å². The Morgan fingerprint density at radius 1 is 1.29 bits per heavy atom. The fourth-order valence-corrected chi connectivity index (χ4v) is 2.77. The molecule has 1 atom stereocenters. The van der Waals surface area contributed by atoms with Crippen LogP contribution in [0.25, 0.3) is 0 Å². The first-order valence-corrected chi connectivity index (χ1v) is 6.75. The summed E-state index contributed by atoms with van der Waals surface area (Å²) >= 11 is 0. The van der Waals surface area contributed by atoms with Crippen LogP contribution in [0.1, 0.15) is 39.0 Å². The van der Waals surface area contributed by atoms with Crippen LogP contribution in [0.15, 0.2) is 0 Å². The molecule has 2 N–H and O–H groups in total. The van der Waals surface area contributed by atoms with Crippen LogP contribution in [0, 0.1) is 0 Å². The molecule has 17 heavy (non-hydrogen) atoms. The fraction of sp³-hybridized carbons (Fsp3) is 0.923. The lowest BCUT2D eigenvalue weighted by atomic mass is 9.93. The van der Waals surface area contributed by atoms with Crippen molar-refractivity contribution in [2.45, 2.75) is 51.1 Å². The van der Waals surface area contributed by atoms with Gasteiger partial charge in [-0.2, -0.15) is 0 Å². The van der Waals surface area contributed by atoms with Gasteiger partial charge in [0.1, 0.15) is 0 Å². The third-order valence-corrected chi connectivity index (χ3v) is 3.73. The van der Waals surface area contributed by atoms with Crippen molar-refractivity contribution in [1.29, 1.82) is 0 Å². The van der Waals surface area contributed by atoms with Gasteiger partial charge in [0.2, 0.25) is 5.91 Å². The lowest BCUT2D eigenvalue weighted by Crippen LogP contribution is -2.51. The van der Waals surface area contributed by atoms with Gasteiger partial charge >= 0.3 is 0 Å². The van der Waals surface area contributed by atoms with Crippen molar-refractivity contribution in [2.24, 2.45) is 5.73 Å². The van der Waals surface area contributed by atoms with Crippen LogP contribution in [0.3, 0.4) is 0 Å². The van der Waals surface area contributed by atoms with E-state index >= 15 is 0 Å². The average Bonchev–Trinajstić information content (AvgIpc) is 2.35. The second kappa shape index (κ2) is 6.97. The van der Waals surface area contributed by atoms with E-state index < -0.39 is 0 Å². The van der Waals surface area contributed by atoms with Gasteiger partial charge in [0, 0.05) is 33.2 Å². The first kappa shape index (κ1) is 14.5. The molecular weight excluding hydrogens is 214 g/mol. The smallest absolute Gasteiger partial charge is 0.239 e. The van der Waals surface area contributed by atoms with Crippen LogP contribution < -0.4 is 5.73 Å². The molecule has 0 heterocycles. The first-order valence-electron chi connectivity index (χ1n) is 6.75. The van der Waals surface area contributed by atoms with E-state index in [1.807, 2.05) is 21.0 Å². The molecule has 100 valence electrons. The molecule has 0 spiro atoms. The van der Waals surface area contributed by atoms with E-state index in [2.05, 4.69) is 4.90 Å². The Morgan fingerprint density at radius 2 is 1.88 bits per heavy atom. The number of carbonyl (C=O) groups is 1. The molecule has 0 aromatic rings. The Bertz CT molecular complexity index is 237. The molecule has 0 aromatic heterocycles. The van der Waals surface area contributed by atoms with E-state index in [1.165, 1.54) is 32.1 Å². The fourth-order valence-electron chi connectivity index (χ4n) is 2.77. The zero-order valence-electron chi connectivity index (χ0n) is 11.5. The molecule has 0 bridgehead atoms. The summed E-state index contributed by atoms with van der Waals surface area (Å²) in [5, 5.41) is 0. The van der Waals surface area contributed by atoms with E-state index in [-0.39, 0.29) is 11.9 Å². The Balaban J connectivity index is 2.65. The maximum absolute atomic E-state index is 12.0. The Labute approximate surface area is 105 Å². The van der Waals surface area contributed by atoms with Crippen LogP contribution in [-0.2, 0) is 4.79 Å². The summed E-state index contributed by atoms with van der Waals surface area (Å²) < 4.78 is 0. The summed E-state index contributed by atoms with van der Waals surface area (Å²) in [7, 11) is 3.64. The minimum atomic E-state index is -0.0448. The molecule has 0 aromatic carbocycles. The highest BCUT2D eigenvalue weighted by molar-refractivity contribution is 5.81. The maximum Gasteiger partial charge on any atom is 0.239 e. The number of amides is 1. The Kier molecular flexibility index (Phi) is 5.92. The van der Waals surface area contributed by atoms with E-state index in [9.17, 15) is 4.79 Å². The second-order valence-corrected chi connectivity index (χ2v) is 5.23. The third kappa shape index (κ3) is 3.96. The van der Waals surface area contributed by atoms with Gasteiger partial charge in [-0.15, -0.1) is 0 Å². The average molecular weight is 241 g/mol. The standard InChI is InChI=1S/C13H27N3O/c1-11(13(17)15(2)3)16(10-9-14)12-7-5-4-6-8-12/h11-12H,4-10,14H2,1-3H3. The Hall–Kier alpha value is -0.610. The summed E-state index contributed by atoms with van der Waals surface area (Å²) in [5.74, 6) is 0.184. The Morgan fingerprint density at radius 3 is 2.35 bits per heavy atom. The highest BCUT2D eigenvalue weighted by Crippen LogP contribution is 2.24. The molecule has 1 aliphatic rings. The van der Waals surface area contributed by atoms with Crippen LogP contribution in [0.5, 0.6) is 0 Å². The largest absolute Gasteiger partial charge is 0.347 e. The van der Waals surface area contributed by atoms with Gasteiger partial charge in [0.25, 0.3) is 0 Å². The van der Waals surface area contributed by atoms with Crippen molar-refractivity contribution in [1.82, 2.24) is 9.80 Å². The predicted molar refractivity (Wildman–Crippen MR) is 70.8 cm³/mol. The van der Waals surface area contributed by atoms with Crippen molar-refractivity contribution in [2.75, 3.05) is 27.2 Å². The molecule has 4 nitrogen and oxygen atoms in total. The van der Waals surface area contributed by atoms with Gasteiger partial charge in [0.15, 0.2) is 0 Å².